The molecule has 0 spiro atoms. The van der Waals surface area contributed by atoms with Gasteiger partial charge in [0.15, 0.2) is 0 Å². The van der Waals surface area contributed by atoms with Crippen LogP contribution in [0.2, 0.25) is 0 Å². The zero-order valence-electron chi connectivity index (χ0n) is 14.1. The Morgan fingerprint density at radius 1 is 1.15 bits per heavy atom. The quantitative estimate of drug-likeness (QED) is 0.541. The minimum Gasteiger partial charge on any atom is -0.348 e. The third-order valence-electron chi connectivity index (χ3n) is 3.47. The molecule has 2 aromatic rings. The van der Waals surface area contributed by atoms with Crippen LogP contribution in [-0.4, -0.2) is 25.0 Å². The molecule has 0 heterocycles. The lowest BCUT2D eigenvalue weighted by Gasteiger charge is -2.09. The molecule has 138 valence electrons. The summed E-state index contributed by atoms with van der Waals surface area (Å²) in [6.45, 7) is 1.96. The maximum absolute atomic E-state index is 12.2. The van der Waals surface area contributed by atoms with E-state index in [0.29, 0.717) is 23.2 Å². The SMILES string of the molecule is CCCS(=O)(=O)Nc1cccc(C(=O)NCc2ccc([N+](=O)[O-])cc2)c1. The topological polar surface area (TPSA) is 118 Å². The van der Waals surface area contributed by atoms with E-state index < -0.39 is 14.9 Å². The lowest BCUT2D eigenvalue weighted by molar-refractivity contribution is -0.384. The van der Waals surface area contributed by atoms with Crippen molar-refractivity contribution in [1.29, 1.82) is 0 Å². The molecule has 0 aliphatic heterocycles. The maximum atomic E-state index is 12.2. The van der Waals surface area contributed by atoms with Gasteiger partial charge in [0.2, 0.25) is 10.0 Å². The van der Waals surface area contributed by atoms with Gasteiger partial charge in [0, 0.05) is 29.9 Å². The van der Waals surface area contributed by atoms with Gasteiger partial charge in [-0.05, 0) is 30.2 Å². The molecule has 0 fully saturated rings. The van der Waals surface area contributed by atoms with Gasteiger partial charge in [0.1, 0.15) is 0 Å². The number of carbonyl (C=O) groups excluding carboxylic acids is 1. The first kappa shape index (κ1) is 19.4. The summed E-state index contributed by atoms with van der Waals surface area (Å²) in [6, 6.07) is 12.0. The Morgan fingerprint density at radius 2 is 1.85 bits per heavy atom. The number of nitrogens with one attached hydrogen (secondary N) is 2. The molecule has 2 rings (SSSR count). The second kappa shape index (κ2) is 8.43. The number of sulfonamides is 1. The van der Waals surface area contributed by atoms with Crippen LogP contribution in [0.4, 0.5) is 11.4 Å². The minimum absolute atomic E-state index is 0.00354. The summed E-state index contributed by atoms with van der Waals surface area (Å²) in [5.74, 6) is -0.372. The Hall–Kier alpha value is -2.94. The maximum Gasteiger partial charge on any atom is 0.269 e. The van der Waals surface area contributed by atoms with Crippen molar-refractivity contribution >= 4 is 27.3 Å². The van der Waals surface area contributed by atoms with Crippen molar-refractivity contribution in [2.24, 2.45) is 0 Å². The molecular formula is C17H19N3O5S. The number of rotatable bonds is 8. The summed E-state index contributed by atoms with van der Waals surface area (Å²) in [5.41, 5.74) is 1.32. The highest BCUT2D eigenvalue weighted by Gasteiger charge is 2.11. The number of non-ortho nitro benzene ring substituents is 1. The van der Waals surface area contributed by atoms with Crippen LogP contribution in [0.1, 0.15) is 29.3 Å². The molecule has 2 N–H and O–H groups in total. The molecule has 0 saturated carbocycles. The summed E-state index contributed by atoms with van der Waals surface area (Å²) < 4.78 is 26.0. The van der Waals surface area contributed by atoms with E-state index in [1.165, 1.54) is 18.2 Å². The molecule has 0 unspecified atom stereocenters. The number of hydrogen-bond donors (Lipinski definition) is 2. The first-order valence-corrected chi connectivity index (χ1v) is 9.58. The molecule has 1 amide bonds. The summed E-state index contributed by atoms with van der Waals surface area (Å²) in [6.07, 6.45) is 0.491. The fraction of sp³-hybridized carbons (Fsp3) is 0.235. The zero-order chi connectivity index (χ0) is 19.2. The summed E-state index contributed by atoms with van der Waals surface area (Å²) in [7, 11) is -3.43. The fourth-order valence-electron chi connectivity index (χ4n) is 2.24. The van der Waals surface area contributed by atoms with Crippen molar-refractivity contribution in [3.8, 4) is 0 Å². The van der Waals surface area contributed by atoms with Crippen molar-refractivity contribution in [2.45, 2.75) is 19.9 Å². The second-order valence-corrected chi connectivity index (χ2v) is 7.45. The number of carbonyl (C=O) groups is 1. The highest BCUT2D eigenvalue weighted by atomic mass is 32.2. The van der Waals surface area contributed by atoms with Crippen LogP contribution in [0.3, 0.4) is 0 Å². The van der Waals surface area contributed by atoms with E-state index in [2.05, 4.69) is 10.0 Å². The number of hydrogen-bond acceptors (Lipinski definition) is 5. The van der Waals surface area contributed by atoms with E-state index in [-0.39, 0.29) is 23.9 Å². The van der Waals surface area contributed by atoms with E-state index >= 15 is 0 Å². The Bertz CT molecular complexity index is 895. The fourth-order valence-corrected chi connectivity index (χ4v) is 3.37. The largest absolute Gasteiger partial charge is 0.348 e. The number of nitro groups is 1. The molecule has 8 nitrogen and oxygen atoms in total. The Balaban J connectivity index is 2.01. The molecule has 26 heavy (non-hydrogen) atoms. The predicted octanol–water partition coefficient (Wildman–Crippen LogP) is 2.68. The van der Waals surface area contributed by atoms with Crippen LogP contribution in [0.5, 0.6) is 0 Å². The van der Waals surface area contributed by atoms with E-state index in [4.69, 9.17) is 0 Å². The summed E-state index contributed by atoms with van der Waals surface area (Å²) in [4.78, 5) is 22.4. The van der Waals surface area contributed by atoms with Crippen molar-refractivity contribution in [3.63, 3.8) is 0 Å². The number of amides is 1. The van der Waals surface area contributed by atoms with E-state index in [1.54, 1.807) is 37.3 Å². The van der Waals surface area contributed by atoms with Gasteiger partial charge in [0.05, 0.1) is 10.7 Å². The molecule has 0 atom stereocenters. The van der Waals surface area contributed by atoms with Crippen molar-refractivity contribution < 1.29 is 18.1 Å². The first-order chi connectivity index (χ1) is 12.3. The molecule has 0 bridgehead atoms. The van der Waals surface area contributed by atoms with Gasteiger partial charge in [-0.1, -0.05) is 25.1 Å². The van der Waals surface area contributed by atoms with Gasteiger partial charge >= 0.3 is 0 Å². The highest BCUT2D eigenvalue weighted by Crippen LogP contribution is 2.14. The lowest BCUT2D eigenvalue weighted by atomic mass is 10.1. The molecule has 0 radical (unpaired) electrons. The van der Waals surface area contributed by atoms with Crippen LogP contribution >= 0.6 is 0 Å². The zero-order valence-corrected chi connectivity index (χ0v) is 15.0. The van der Waals surface area contributed by atoms with Crippen LogP contribution in [0.25, 0.3) is 0 Å². The molecule has 0 aliphatic rings. The van der Waals surface area contributed by atoms with Crippen molar-refractivity contribution in [2.75, 3.05) is 10.5 Å². The lowest BCUT2D eigenvalue weighted by Crippen LogP contribution is -2.23. The van der Waals surface area contributed by atoms with E-state index in [9.17, 15) is 23.3 Å². The monoisotopic (exact) mass is 377 g/mol. The second-order valence-electron chi connectivity index (χ2n) is 5.61. The molecule has 0 aliphatic carbocycles. The van der Waals surface area contributed by atoms with E-state index in [0.717, 1.165) is 0 Å². The summed E-state index contributed by atoms with van der Waals surface area (Å²) in [5, 5.41) is 13.3. The van der Waals surface area contributed by atoms with Crippen molar-refractivity contribution in [1.82, 2.24) is 5.32 Å². The van der Waals surface area contributed by atoms with Crippen molar-refractivity contribution in [3.05, 3.63) is 69.8 Å². The molecule has 2 aromatic carbocycles. The average Bonchev–Trinajstić information content (AvgIpc) is 2.59. The third-order valence-corrected chi connectivity index (χ3v) is 4.96. The minimum atomic E-state index is -3.43. The normalized spacial score (nSPS) is 11.0. The standard InChI is InChI=1S/C17H19N3O5S/c1-2-10-26(24,25)19-15-5-3-4-14(11-15)17(21)18-12-13-6-8-16(9-7-13)20(22)23/h3-9,11,19H,2,10,12H2,1H3,(H,18,21). The molecular weight excluding hydrogens is 358 g/mol. The Morgan fingerprint density at radius 3 is 2.46 bits per heavy atom. The Labute approximate surface area is 151 Å². The van der Waals surface area contributed by atoms with Gasteiger partial charge < -0.3 is 5.32 Å². The van der Waals surface area contributed by atoms with Gasteiger partial charge in [-0.2, -0.15) is 0 Å². The van der Waals surface area contributed by atoms with Crippen LogP contribution < -0.4 is 10.0 Å². The summed E-state index contributed by atoms with van der Waals surface area (Å²) >= 11 is 0. The number of nitro benzene ring substituents is 1. The molecule has 0 saturated heterocycles. The Kier molecular flexibility index (Phi) is 6.29. The predicted molar refractivity (Wildman–Crippen MR) is 98.4 cm³/mol. The number of benzene rings is 2. The van der Waals surface area contributed by atoms with Crippen LogP contribution in [0, 0.1) is 10.1 Å². The van der Waals surface area contributed by atoms with Gasteiger partial charge in [-0.3, -0.25) is 19.6 Å². The number of nitrogens with zero attached hydrogens (tertiary/aromatic N) is 1. The van der Waals surface area contributed by atoms with Gasteiger partial charge in [0.25, 0.3) is 11.6 Å². The smallest absolute Gasteiger partial charge is 0.269 e. The van der Waals surface area contributed by atoms with E-state index in [1.807, 2.05) is 0 Å². The first-order valence-electron chi connectivity index (χ1n) is 7.93. The third kappa shape index (κ3) is 5.55. The van der Waals surface area contributed by atoms with Crippen LogP contribution in [0.15, 0.2) is 48.5 Å². The average molecular weight is 377 g/mol. The molecule has 9 heteroatoms. The van der Waals surface area contributed by atoms with Crippen LogP contribution in [-0.2, 0) is 16.6 Å². The number of anilines is 1. The van der Waals surface area contributed by atoms with Gasteiger partial charge in [-0.25, -0.2) is 8.42 Å². The highest BCUT2D eigenvalue weighted by molar-refractivity contribution is 7.92. The van der Waals surface area contributed by atoms with Gasteiger partial charge in [-0.15, -0.1) is 0 Å². The molecule has 0 aromatic heterocycles.